The Balaban J connectivity index is 1.70. The topological polar surface area (TPSA) is 79.0 Å². The van der Waals surface area contributed by atoms with Crippen molar-refractivity contribution in [3.05, 3.63) is 24.3 Å². The quantitative estimate of drug-likeness (QED) is 0.751. The van der Waals surface area contributed by atoms with Gasteiger partial charge in [-0.3, -0.25) is 9.10 Å². The van der Waals surface area contributed by atoms with Crippen molar-refractivity contribution in [1.29, 1.82) is 0 Å². The molecular weight excluding hydrogens is 378 g/mol. The first-order chi connectivity index (χ1) is 13.5. The van der Waals surface area contributed by atoms with Gasteiger partial charge in [-0.25, -0.2) is 0 Å². The predicted molar refractivity (Wildman–Crippen MR) is 110 cm³/mol. The second-order valence-corrected chi connectivity index (χ2v) is 9.41. The lowest BCUT2D eigenvalue weighted by molar-refractivity contribution is -0.126. The van der Waals surface area contributed by atoms with E-state index in [4.69, 9.17) is 4.74 Å². The summed E-state index contributed by atoms with van der Waals surface area (Å²) in [7, 11) is -2.12. The second kappa shape index (κ2) is 9.13. The van der Waals surface area contributed by atoms with Crippen LogP contribution in [-0.2, 0) is 15.0 Å². The van der Waals surface area contributed by atoms with Crippen molar-refractivity contribution in [2.24, 2.45) is 5.92 Å². The second-order valence-electron chi connectivity index (χ2n) is 7.56. The minimum atomic E-state index is -3.69. The van der Waals surface area contributed by atoms with Crippen LogP contribution in [0, 0.1) is 5.92 Å². The number of anilines is 1. The number of piperidine rings is 1. The van der Waals surface area contributed by atoms with Crippen molar-refractivity contribution in [2.45, 2.75) is 51.5 Å². The number of hydrogen-bond donors (Lipinski definition) is 1. The Morgan fingerprint density at radius 2 is 1.86 bits per heavy atom. The number of amides is 1. The number of ether oxygens (including phenoxy) is 1. The molecular formula is C20H31N3O4S. The maximum atomic E-state index is 13.3. The number of carbonyl (C=O) groups is 1. The third-order valence-corrected chi connectivity index (χ3v) is 7.72. The molecule has 1 saturated carbocycles. The zero-order valence-electron chi connectivity index (χ0n) is 16.8. The average molecular weight is 410 g/mol. The number of nitrogens with one attached hydrogen (secondary N) is 1. The van der Waals surface area contributed by atoms with E-state index >= 15 is 0 Å². The summed E-state index contributed by atoms with van der Waals surface area (Å²) in [5.74, 6) is 0.400. The van der Waals surface area contributed by atoms with Gasteiger partial charge in [-0.2, -0.15) is 12.7 Å². The Morgan fingerprint density at radius 1 is 1.18 bits per heavy atom. The van der Waals surface area contributed by atoms with E-state index in [1.54, 1.807) is 31.4 Å². The van der Waals surface area contributed by atoms with Gasteiger partial charge in [-0.15, -0.1) is 0 Å². The van der Waals surface area contributed by atoms with Crippen molar-refractivity contribution in [1.82, 2.24) is 9.62 Å². The van der Waals surface area contributed by atoms with Crippen LogP contribution in [0.3, 0.4) is 0 Å². The van der Waals surface area contributed by atoms with Crippen LogP contribution in [0.4, 0.5) is 5.69 Å². The zero-order chi connectivity index (χ0) is 20.1. The van der Waals surface area contributed by atoms with Crippen LogP contribution in [0.25, 0.3) is 0 Å². The molecule has 1 unspecified atom stereocenters. The van der Waals surface area contributed by atoms with Gasteiger partial charge in [0, 0.05) is 25.7 Å². The molecule has 1 aliphatic heterocycles. The lowest BCUT2D eigenvalue weighted by atomic mass is 9.98. The number of rotatable bonds is 7. The van der Waals surface area contributed by atoms with Gasteiger partial charge < -0.3 is 10.1 Å². The molecule has 1 aliphatic carbocycles. The van der Waals surface area contributed by atoms with Gasteiger partial charge in [0.25, 0.3) is 0 Å². The Bertz CT molecular complexity index is 760. The molecule has 2 aliphatic rings. The SMILES string of the molecule is CCN(c1ccc(OC)cc1)S(=O)(=O)N1CCCC(C(=O)NC2CCCC2)C1. The summed E-state index contributed by atoms with van der Waals surface area (Å²) < 4.78 is 34.6. The Kier molecular flexibility index (Phi) is 6.82. The molecule has 1 amide bonds. The van der Waals surface area contributed by atoms with E-state index in [0.29, 0.717) is 30.9 Å². The van der Waals surface area contributed by atoms with Crippen molar-refractivity contribution >= 4 is 21.8 Å². The van der Waals surface area contributed by atoms with Crippen LogP contribution in [0.15, 0.2) is 24.3 Å². The van der Waals surface area contributed by atoms with Crippen LogP contribution in [0.2, 0.25) is 0 Å². The first kappa shape index (κ1) is 20.9. The lowest BCUT2D eigenvalue weighted by Crippen LogP contribution is -2.51. The van der Waals surface area contributed by atoms with Crippen LogP contribution >= 0.6 is 0 Å². The third kappa shape index (κ3) is 4.60. The summed E-state index contributed by atoms with van der Waals surface area (Å²) in [4.78, 5) is 12.6. The van der Waals surface area contributed by atoms with Crippen molar-refractivity contribution < 1.29 is 17.9 Å². The Labute approximate surface area is 168 Å². The fourth-order valence-electron chi connectivity index (χ4n) is 4.12. The summed E-state index contributed by atoms with van der Waals surface area (Å²) in [6.45, 7) is 2.83. The van der Waals surface area contributed by atoms with Gasteiger partial charge in [0.1, 0.15) is 5.75 Å². The molecule has 0 bridgehead atoms. The lowest BCUT2D eigenvalue weighted by Gasteiger charge is -2.35. The fourth-order valence-corrected chi connectivity index (χ4v) is 5.84. The van der Waals surface area contributed by atoms with E-state index in [1.807, 2.05) is 6.92 Å². The number of benzene rings is 1. The summed E-state index contributed by atoms with van der Waals surface area (Å²) >= 11 is 0. The minimum Gasteiger partial charge on any atom is -0.497 e. The highest BCUT2D eigenvalue weighted by Gasteiger charge is 2.36. The maximum absolute atomic E-state index is 13.3. The van der Waals surface area contributed by atoms with Crippen molar-refractivity contribution in [3.8, 4) is 5.75 Å². The average Bonchev–Trinajstić information content (AvgIpc) is 3.22. The van der Waals surface area contributed by atoms with Gasteiger partial charge in [0.15, 0.2) is 0 Å². The third-order valence-electron chi connectivity index (χ3n) is 5.71. The number of hydrogen-bond acceptors (Lipinski definition) is 4. The van der Waals surface area contributed by atoms with Crippen LogP contribution in [-0.4, -0.2) is 51.4 Å². The molecule has 3 rings (SSSR count). The van der Waals surface area contributed by atoms with Gasteiger partial charge in [0.05, 0.1) is 18.7 Å². The standard InChI is InChI=1S/C20H31N3O4S/c1-3-23(18-10-12-19(27-2)13-11-18)28(25,26)22-14-6-7-16(15-22)20(24)21-17-8-4-5-9-17/h10-13,16-17H,3-9,14-15H2,1-2H3,(H,21,24). The minimum absolute atomic E-state index is 0.000652. The number of carbonyl (C=O) groups excluding carboxylic acids is 1. The van der Waals surface area contributed by atoms with E-state index in [9.17, 15) is 13.2 Å². The fraction of sp³-hybridized carbons (Fsp3) is 0.650. The smallest absolute Gasteiger partial charge is 0.304 e. The van der Waals surface area contributed by atoms with Gasteiger partial charge in [0.2, 0.25) is 5.91 Å². The van der Waals surface area contributed by atoms with Crippen molar-refractivity contribution in [3.63, 3.8) is 0 Å². The molecule has 28 heavy (non-hydrogen) atoms. The Hall–Kier alpha value is -1.80. The molecule has 1 aromatic rings. The summed E-state index contributed by atoms with van der Waals surface area (Å²) in [5, 5.41) is 3.12. The molecule has 7 nitrogen and oxygen atoms in total. The summed E-state index contributed by atoms with van der Waals surface area (Å²) in [6, 6.07) is 7.25. The monoisotopic (exact) mass is 409 g/mol. The molecule has 0 aromatic heterocycles. The van der Waals surface area contributed by atoms with E-state index in [0.717, 1.165) is 32.1 Å². The zero-order valence-corrected chi connectivity index (χ0v) is 17.6. The van der Waals surface area contributed by atoms with Crippen LogP contribution in [0.1, 0.15) is 45.4 Å². The van der Waals surface area contributed by atoms with Gasteiger partial charge in [-0.05, 0) is 56.9 Å². The van der Waals surface area contributed by atoms with Gasteiger partial charge >= 0.3 is 10.2 Å². The van der Waals surface area contributed by atoms with E-state index in [-0.39, 0.29) is 24.4 Å². The molecule has 1 saturated heterocycles. The highest BCUT2D eigenvalue weighted by molar-refractivity contribution is 7.90. The molecule has 2 fully saturated rings. The van der Waals surface area contributed by atoms with Gasteiger partial charge in [-0.1, -0.05) is 12.8 Å². The summed E-state index contributed by atoms with van der Waals surface area (Å²) in [5.41, 5.74) is 0.598. The number of methoxy groups -OCH3 is 1. The van der Waals surface area contributed by atoms with Crippen LogP contribution < -0.4 is 14.4 Å². The molecule has 1 atom stereocenters. The summed E-state index contributed by atoms with van der Waals surface area (Å²) in [6.07, 6.45) is 5.80. The predicted octanol–water partition coefficient (Wildman–Crippen LogP) is 2.54. The first-order valence-electron chi connectivity index (χ1n) is 10.2. The molecule has 1 aromatic carbocycles. The highest BCUT2D eigenvalue weighted by Crippen LogP contribution is 2.27. The Morgan fingerprint density at radius 3 is 2.46 bits per heavy atom. The largest absolute Gasteiger partial charge is 0.497 e. The molecule has 1 heterocycles. The van der Waals surface area contributed by atoms with E-state index in [2.05, 4.69) is 5.32 Å². The molecule has 0 spiro atoms. The highest BCUT2D eigenvalue weighted by atomic mass is 32.2. The normalized spacial score (nSPS) is 21.4. The van der Waals surface area contributed by atoms with E-state index in [1.165, 1.54) is 8.61 Å². The van der Waals surface area contributed by atoms with Crippen molar-refractivity contribution in [2.75, 3.05) is 31.0 Å². The first-order valence-corrected chi connectivity index (χ1v) is 11.6. The molecule has 156 valence electrons. The van der Waals surface area contributed by atoms with E-state index < -0.39 is 10.2 Å². The molecule has 0 radical (unpaired) electrons. The number of nitrogens with zero attached hydrogens (tertiary/aromatic N) is 2. The molecule has 8 heteroatoms. The van der Waals surface area contributed by atoms with Crippen LogP contribution in [0.5, 0.6) is 5.75 Å². The maximum Gasteiger partial charge on any atom is 0.304 e. The molecule has 1 N–H and O–H groups in total.